The number of amides is 1. The van der Waals surface area contributed by atoms with Gasteiger partial charge in [0, 0.05) is 5.69 Å². The lowest BCUT2D eigenvalue weighted by Crippen LogP contribution is -2.29. The molecule has 2 heterocycles. The number of hydrogen-bond donors (Lipinski definition) is 1. The van der Waals surface area contributed by atoms with E-state index in [-0.39, 0.29) is 17.7 Å². The zero-order valence-electron chi connectivity index (χ0n) is 17.8. The van der Waals surface area contributed by atoms with E-state index in [1.165, 1.54) is 0 Å². The molecule has 0 aliphatic rings. The third kappa shape index (κ3) is 4.69. The van der Waals surface area contributed by atoms with Gasteiger partial charge in [-0.3, -0.25) is 9.48 Å². The zero-order chi connectivity index (χ0) is 21.8. The van der Waals surface area contributed by atoms with E-state index in [9.17, 15) is 4.79 Å². The number of nitrogens with zero attached hydrogens (tertiary/aromatic N) is 2. The SMILES string of the molecule is COc1ccc([C@@H](NC(=O)c2ccc(Cn3nc(C)cc3C)o2)c2ccccc2)cc1. The van der Waals surface area contributed by atoms with E-state index < -0.39 is 0 Å². The summed E-state index contributed by atoms with van der Waals surface area (Å²) < 4.78 is 12.9. The lowest BCUT2D eigenvalue weighted by molar-refractivity contribution is 0.0913. The quantitative estimate of drug-likeness (QED) is 0.476. The van der Waals surface area contributed by atoms with Gasteiger partial charge in [0.15, 0.2) is 5.76 Å². The Kier molecular flexibility index (Phi) is 5.89. The van der Waals surface area contributed by atoms with Crippen LogP contribution in [0, 0.1) is 13.8 Å². The number of ether oxygens (including phenoxy) is 1. The van der Waals surface area contributed by atoms with Crippen molar-refractivity contribution >= 4 is 5.91 Å². The fourth-order valence-electron chi connectivity index (χ4n) is 3.57. The summed E-state index contributed by atoms with van der Waals surface area (Å²) in [7, 11) is 1.63. The van der Waals surface area contributed by atoms with Crippen molar-refractivity contribution in [1.29, 1.82) is 0 Å². The minimum atomic E-state index is -0.316. The van der Waals surface area contributed by atoms with E-state index in [0.717, 1.165) is 28.3 Å². The summed E-state index contributed by atoms with van der Waals surface area (Å²) >= 11 is 0. The molecule has 0 saturated heterocycles. The van der Waals surface area contributed by atoms with Crippen LogP contribution in [0.5, 0.6) is 5.75 Å². The van der Waals surface area contributed by atoms with E-state index in [1.54, 1.807) is 13.2 Å². The van der Waals surface area contributed by atoms with Gasteiger partial charge in [-0.25, -0.2) is 0 Å². The molecule has 2 aromatic carbocycles. The van der Waals surface area contributed by atoms with Gasteiger partial charge in [0.25, 0.3) is 5.91 Å². The first-order valence-electron chi connectivity index (χ1n) is 10.1. The summed E-state index contributed by atoms with van der Waals surface area (Å²) in [6, 6.07) is 22.7. The van der Waals surface area contributed by atoms with Crippen LogP contribution in [0.25, 0.3) is 0 Å². The first-order chi connectivity index (χ1) is 15.0. The molecule has 0 radical (unpaired) electrons. The van der Waals surface area contributed by atoms with Gasteiger partial charge in [0.2, 0.25) is 0 Å². The molecule has 1 N–H and O–H groups in total. The van der Waals surface area contributed by atoms with E-state index in [4.69, 9.17) is 9.15 Å². The summed E-state index contributed by atoms with van der Waals surface area (Å²) in [5.41, 5.74) is 3.93. The smallest absolute Gasteiger partial charge is 0.287 e. The average Bonchev–Trinajstić information content (AvgIpc) is 3.38. The fourth-order valence-corrected chi connectivity index (χ4v) is 3.57. The summed E-state index contributed by atoms with van der Waals surface area (Å²) in [6.45, 7) is 4.43. The molecule has 0 spiro atoms. The van der Waals surface area contributed by atoms with E-state index in [0.29, 0.717) is 12.3 Å². The van der Waals surface area contributed by atoms with Gasteiger partial charge in [0.05, 0.1) is 25.4 Å². The van der Waals surface area contributed by atoms with Crippen LogP contribution < -0.4 is 10.1 Å². The molecule has 0 fully saturated rings. The van der Waals surface area contributed by atoms with Crippen LogP contribution in [0.15, 0.2) is 77.2 Å². The van der Waals surface area contributed by atoms with Crippen LogP contribution in [-0.2, 0) is 6.54 Å². The molecule has 1 atom stereocenters. The lowest BCUT2D eigenvalue weighted by atomic mass is 9.98. The Morgan fingerprint density at radius 3 is 2.39 bits per heavy atom. The molecule has 1 amide bonds. The first kappa shape index (κ1) is 20.5. The topological polar surface area (TPSA) is 69.3 Å². The monoisotopic (exact) mass is 415 g/mol. The number of carbonyl (C=O) groups is 1. The van der Waals surface area contributed by atoms with Crippen LogP contribution >= 0.6 is 0 Å². The van der Waals surface area contributed by atoms with Crippen molar-refractivity contribution in [3.63, 3.8) is 0 Å². The summed E-state index contributed by atoms with van der Waals surface area (Å²) in [5, 5.41) is 7.55. The van der Waals surface area contributed by atoms with Crippen LogP contribution in [0.3, 0.4) is 0 Å². The highest BCUT2D eigenvalue weighted by Crippen LogP contribution is 2.25. The van der Waals surface area contributed by atoms with Gasteiger partial charge in [-0.15, -0.1) is 0 Å². The van der Waals surface area contributed by atoms with Gasteiger partial charge in [0.1, 0.15) is 11.5 Å². The van der Waals surface area contributed by atoms with Crippen molar-refractivity contribution in [1.82, 2.24) is 15.1 Å². The Balaban J connectivity index is 1.55. The predicted octanol–water partition coefficient (Wildman–Crippen LogP) is 4.67. The molecular weight excluding hydrogens is 390 g/mol. The summed E-state index contributed by atoms with van der Waals surface area (Å²) in [6.07, 6.45) is 0. The van der Waals surface area contributed by atoms with Crippen molar-refractivity contribution in [3.8, 4) is 5.75 Å². The highest BCUT2D eigenvalue weighted by Gasteiger charge is 2.20. The number of aryl methyl sites for hydroxylation is 2. The summed E-state index contributed by atoms with van der Waals surface area (Å²) in [5.74, 6) is 1.44. The largest absolute Gasteiger partial charge is 0.497 e. The van der Waals surface area contributed by atoms with Crippen LogP contribution in [-0.4, -0.2) is 22.8 Å². The fraction of sp³-hybridized carbons (Fsp3) is 0.200. The maximum Gasteiger partial charge on any atom is 0.287 e. The first-order valence-corrected chi connectivity index (χ1v) is 10.1. The Morgan fingerprint density at radius 1 is 1.03 bits per heavy atom. The third-order valence-electron chi connectivity index (χ3n) is 5.15. The number of nitrogens with one attached hydrogen (secondary N) is 1. The molecular formula is C25H25N3O3. The number of benzene rings is 2. The van der Waals surface area contributed by atoms with Crippen LogP contribution in [0.2, 0.25) is 0 Å². The van der Waals surface area contributed by atoms with Crippen molar-refractivity contribution in [3.05, 3.63) is 107 Å². The van der Waals surface area contributed by atoms with E-state index in [2.05, 4.69) is 10.4 Å². The second-order valence-corrected chi connectivity index (χ2v) is 7.44. The number of carbonyl (C=O) groups excluding carboxylic acids is 1. The number of rotatable bonds is 7. The molecule has 6 nitrogen and oxygen atoms in total. The molecule has 2 aromatic heterocycles. The maximum absolute atomic E-state index is 13.0. The van der Waals surface area contributed by atoms with Crippen molar-refractivity contribution in [2.24, 2.45) is 0 Å². The van der Waals surface area contributed by atoms with E-state index >= 15 is 0 Å². The van der Waals surface area contributed by atoms with Crippen molar-refractivity contribution < 1.29 is 13.9 Å². The molecule has 0 aliphatic heterocycles. The molecule has 31 heavy (non-hydrogen) atoms. The van der Waals surface area contributed by atoms with Gasteiger partial charge < -0.3 is 14.5 Å². The standard InChI is InChI=1S/C25H25N3O3/c1-17-15-18(2)28(27-17)16-22-13-14-23(31-22)25(29)26-24(19-7-5-4-6-8-19)20-9-11-21(30-3)12-10-20/h4-15,24H,16H2,1-3H3,(H,26,29)/t24-/m0/s1. The van der Waals surface area contributed by atoms with Crippen LogP contribution in [0.1, 0.15) is 44.9 Å². The molecule has 0 saturated carbocycles. The lowest BCUT2D eigenvalue weighted by Gasteiger charge is -2.19. The Bertz CT molecular complexity index is 1160. The third-order valence-corrected chi connectivity index (χ3v) is 5.15. The number of hydrogen-bond acceptors (Lipinski definition) is 4. The zero-order valence-corrected chi connectivity index (χ0v) is 17.8. The Morgan fingerprint density at radius 2 is 1.74 bits per heavy atom. The summed E-state index contributed by atoms with van der Waals surface area (Å²) in [4.78, 5) is 13.0. The molecule has 0 aliphatic carbocycles. The van der Waals surface area contributed by atoms with Gasteiger partial charge in [-0.1, -0.05) is 42.5 Å². The molecule has 6 heteroatoms. The van der Waals surface area contributed by atoms with E-state index in [1.807, 2.05) is 85.3 Å². The highest BCUT2D eigenvalue weighted by atomic mass is 16.5. The molecule has 4 aromatic rings. The Hall–Kier alpha value is -3.80. The van der Waals surface area contributed by atoms with Crippen LogP contribution in [0.4, 0.5) is 0 Å². The van der Waals surface area contributed by atoms with Gasteiger partial charge in [-0.05, 0) is 55.3 Å². The molecule has 158 valence electrons. The number of aromatic nitrogens is 2. The van der Waals surface area contributed by atoms with Crippen molar-refractivity contribution in [2.45, 2.75) is 26.4 Å². The predicted molar refractivity (Wildman–Crippen MR) is 118 cm³/mol. The normalized spacial score (nSPS) is 11.8. The van der Waals surface area contributed by atoms with Gasteiger partial charge >= 0.3 is 0 Å². The Labute approximate surface area is 181 Å². The average molecular weight is 415 g/mol. The minimum Gasteiger partial charge on any atom is -0.497 e. The van der Waals surface area contributed by atoms with Crippen molar-refractivity contribution in [2.75, 3.05) is 7.11 Å². The number of methoxy groups -OCH3 is 1. The second kappa shape index (κ2) is 8.92. The second-order valence-electron chi connectivity index (χ2n) is 7.44. The molecule has 4 rings (SSSR count). The maximum atomic E-state index is 13.0. The molecule has 0 bridgehead atoms. The highest BCUT2D eigenvalue weighted by molar-refractivity contribution is 5.92. The minimum absolute atomic E-state index is 0.269. The number of furan rings is 1. The van der Waals surface area contributed by atoms with Gasteiger partial charge in [-0.2, -0.15) is 5.10 Å². The molecule has 0 unspecified atom stereocenters.